The molecular weight excluding hydrogens is 322 g/mol. The lowest BCUT2D eigenvalue weighted by Gasteiger charge is -2.29. The molecule has 0 N–H and O–H groups in total. The molecule has 2 rings (SSSR count). The van der Waals surface area contributed by atoms with E-state index in [0.717, 1.165) is 5.56 Å². The second-order valence-corrected chi connectivity index (χ2v) is 8.97. The van der Waals surface area contributed by atoms with Gasteiger partial charge in [0.25, 0.3) is 0 Å². The van der Waals surface area contributed by atoms with E-state index in [2.05, 4.69) is 0 Å². The highest BCUT2D eigenvalue weighted by Gasteiger charge is 2.34. The molecule has 0 spiro atoms. The number of halogens is 1. The minimum absolute atomic E-state index is 0.0112. The van der Waals surface area contributed by atoms with Gasteiger partial charge in [-0.2, -0.15) is 0 Å². The largest absolute Gasteiger partial charge is 0.334 e. The molecule has 6 heteroatoms. The first kappa shape index (κ1) is 17.3. The summed E-state index contributed by atoms with van der Waals surface area (Å²) in [6, 6.07) is 7.13. The molecule has 1 fully saturated rings. The first-order chi connectivity index (χ1) is 10.3. The molecule has 1 amide bonds. The van der Waals surface area contributed by atoms with Crippen molar-refractivity contribution in [3.63, 3.8) is 0 Å². The monoisotopic (exact) mass is 343 g/mol. The van der Waals surface area contributed by atoms with Crippen LogP contribution in [0.4, 0.5) is 0 Å². The van der Waals surface area contributed by atoms with Crippen LogP contribution in [0.3, 0.4) is 0 Å². The van der Waals surface area contributed by atoms with Crippen molar-refractivity contribution < 1.29 is 13.2 Å². The molecule has 0 radical (unpaired) electrons. The lowest BCUT2D eigenvalue weighted by Crippen LogP contribution is -2.41. The number of amides is 1. The van der Waals surface area contributed by atoms with Gasteiger partial charge in [0.1, 0.15) is 0 Å². The maximum Gasteiger partial charge on any atom is 0.223 e. The van der Waals surface area contributed by atoms with E-state index in [4.69, 9.17) is 11.6 Å². The molecule has 1 atom stereocenters. The van der Waals surface area contributed by atoms with E-state index in [1.54, 1.807) is 11.0 Å². The van der Waals surface area contributed by atoms with Crippen LogP contribution >= 0.6 is 11.6 Å². The van der Waals surface area contributed by atoms with E-state index in [0.29, 0.717) is 24.4 Å². The summed E-state index contributed by atoms with van der Waals surface area (Å²) in [4.78, 5) is 14.3. The fraction of sp³-hybridized carbons (Fsp3) is 0.562. The third kappa shape index (κ3) is 4.71. The third-order valence-corrected chi connectivity index (χ3v) is 5.78. The number of nitrogens with zero attached hydrogens (tertiary/aromatic N) is 1. The molecule has 1 aromatic carbocycles. The molecule has 0 saturated carbocycles. The Bertz CT molecular complexity index is 643. The van der Waals surface area contributed by atoms with Crippen molar-refractivity contribution in [3.8, 4) is 0 Å². The van der Waals surface area contributed by atoms with Crippen molar-refractivity contribution in [3.05, 3.63) is 34.9 Å². The maximum absolute atomic E-state index is 12.5. The standard InChI is InChI=1S/C16H22ClNO3S/c1-12(2)8-16(19)18(15-6-7-22(20,21)11-15)10-13-4-3-5-14(17)9-13/h3-5,9,12,15H,6-8,10-11H2,1-2H3/t15-/m1/s1. The Labute approximate surface area is 137 Å². The van der Waals surface area contributed by atoms with E-state index < -0.39 is 9.84 Å². The topological polar surface area (TPSA) is 54.5 Å². The quantitative estimate of drug-likeness (QED) is 0.826. The van der Waals surface area contributed by atoms with Crippen LogP contribution in [0.5, 0.6) is 0 Å². The zero-order valence-corrected chi connectivity index (χ0v) is 14.5. The average Bonchev–Trinajstić information content (AvgIpc) is 2.75. The van der Waals surface area contributed by atoms with Gasteiger partial charge in [0.2, 0.25) is 5.91 Å². The zero-order valence-electron chi connectivity index (χ0n) is 13.0. The van der Waals surface area contributed by atoms with Gasteiger partial charge >= 0.3 is 0 Å². The molecule has 4 nitrogen and oxygen atoms in total. The van der Waals surface area contributed by atoms with Crippen LogP contribution in [0.25, 0.3) is 0 Å². The Balaban J connectivity index is 2.20. The van der Waals surface area contributed by atoms with Crippen LogP contribution in [0.1, 0.15) is 32.3 Å². The molecule has 1 aliphatic heterocycles. The lowest BCUT2D eigenvalue weighted by atomic mass is 10.1. The van der Waals surface area contributed by atoms with Gasteiger partial charge in [-0.05, 0) is 30.0 Å². The smallest absolute Gasteiger partial charge is 0.223 e. The molecule has 1 heterocycles. The SMILES string of the molecule is CC(C)CC(=O)N(Cc1cccc(Cl)c1)[C@@H]1CCS(=O)(=O)C1. The van der Waals surface area contributed by atoms with Gasteiger partial charge in [0.05, 0.1) is 11.5 Å². The van der Waals surface area contributed by atoms with Gasteiger partial charge in [0, 0.05) is 24.0 Å². The van der Waals surface area contributed by atoms with Crippen LogP contribution in [0.15, 0.2) is 24.3 Å². The Morgan fingerprint density at radius 1 is 1.41 bits per heavy atom. The summed E-state index contributed by atoms with van der Waals surface area (Å²) in [5, 5.41) is 0.618. The van der Waals surface area contributed by atoms with Crippen molar-refractivity contribution in [2.24, 2.45) is 5.92 Å². The minimum Gasteiger partial charge on any atom is -0.334 e. The lowest BCUT2D eigenvalue weighted by molar-refractivity contribution is -0.134. The van der Waals surface area contributed by atoms with Gasteiger partial charge < -0.3 is 4.90 Å². The Hall–Kier alpha value is -1.07. The molecule has 1 saturated heterocycles. The van der Waals surface area contributed by atoms with Crippen LogP contribution in [0.2, 0.25) is 5.02 Å². The summed E-state index contributed by atoms with van der Waals surface area (Å²) in [5.74, 6) is 0.486. The maximum atomic E-state index is 12.5. The summed E-state index contributed by atoms with van der Waals surface area (Å²) < 4.78 is 23.5. The first-order valence-corrected chi connectivity index (χ1v) is 9.71. The number of carbonyl (C=O) groups is 1. The van der Waals surface area contributed by atoms with Gasteiger partial charge in [-0.15, -0.1) is 0 Å². The van der Waals surface area contributed by atoms with Gasteiger partial charge in [0.15, 0.2) is 9.84 Å². The van der Waals surface area contributed by atoms with Crippen LogP contribution < -0.4 is 0 Å². The summed E-state index contributed by atoms with van der Waals surface area (Å²) in [6.45, 7) is 4.38. The van der Waals surface area contributed by atoms with E-state index in [1.165, 1.54) is 0 Å². The number of sulfone groups is 1. The number of hydrogen-bond acceptors (Lipinski definition) is 3. The molecule has 122 valence electrons. The summed E-state index contributed by atoms with van der Waals surface area (Å²) >= 11 is 6.00. The number of benzene rings is 1. The van der Waals surface area contributed by atoms with Crippen molar-refractivity contribution in [1.82, 2.24) is 4.90 Å². The Morgan fingerprint density at radius 3 is 2.68 bits per heavy atom. The number of hydrogen-bond donors (Lipinski definition) is 0. The second kappa shape index (κ2) is 7.01. The zero-order chi connectivity index (χ0) is 16.3. The molecule has 0 aromatic heterocycles. The average molecular weight is 344 g/mol. The summed E-state index contributed by atoms with van der Waals surface area (Å²) in [7, 11) is -3.02. The predicted molar refractivity (Wildman–Crippen MR) is 88.5 cm³/mol. The van der Waals surface area contributed by atoms with Crippen molar-refractivity contribution in [2.45, 2.75) is 39.3 Å². The number of carbonyl (C=O) groups excluding carboxylic acids is 1. The highest BCUT2D eigenvalue weighted by molar-refractivity contribution is 7.91. The molecule has 1 aliphatic rings. The van der Waals surface area contributed by atoms with Gasteiger partial charge in [-0.1, -0.05) is 37.6 Å². The molecule has 1 aromatic rings. The van der Waals surface area contributed by atoms with Crippen molar-refractivity contribution >= 4 is 27.3 Å². The van der Waals surface area contributed by atoms with Gasteiger partial charge in [-0.25, -0.2) is 8.42 Å². The molecule has 0 bridgehead atoms. The van der Waals surface area contributed by atoms with Crippen LogP contribution in [-0.2, 0) is 21.2 Å². The highest BCUT2D eigenvalue weighted by Crippen LogP contribution is 2.23. The molecule has 0 aliphatic carbocycles. The fourth-order valence-electron chi connectivity index (χ4n) is 2.74. The van der Waals surface area contributed by atoms with Crippen LogP contribution in [-0.4, -0.2) is 36.8 Å². The van der Waals surface area contributed by atoms with E-state index in [-0.39, 0.29) is 29.4 Å². The molecule has 0 unspecified atom stereocenters. The predicted octanol–water partition coefficient (Wildman–Crippen LogP) is 2.90. The van der Waals surface area contributed by atoms with Crippen molar-refractivity contribution in [1.29, 1.82) is 0 Å². The number of rotatable bonds is 5. The van der Waals surface area contributed by atoms with E-state index in [1.807, 2.05) is 32.0 Å². The highest BCUT2D eigenvalue weighted by atomic mass is 35.5. The summed E-state index contributed by atoms with van der Waals surface area (Å²) in [6.07, 6.45) is 0.948. The molecule has 22 heavy (non-hydrogen) atoms. The van der Waals surface area contributed by atoms with E-state index in [9.17, 15) is 13.2 Å². The normalized spacial score (nSPS) is 20.3. The summed E-state index contributed by atoms with van der Waals surface area (Å²) in [5.41, 5.74) is 0.925. The van der Waals surface area contributed by atoms with Gasteiger partial charge in [-0.3, -0.25) is 4.79 Å². The minimum atomic E-state index is -3.02. The van der Waals surface area contributed by atoms with Crippen molar-refractivity contribution in [2.75, 3.05) is 11.5 Å². The first-order valence-electron chi connectivity index (χ1n) is 7.51. The van der Waals surface area contributed by atoms with Crippen LogP contribution in [0, 0.1) is 5.92 Å². The fourth-order valence-corrected chi connectivity index (χ4v) is 4.68. The Morgan fingerprint density at radius 2 is 2.14 bits per heavy atom. The van der Waals surface area contributed by atoms with E-state index >= 15 is 0 Å². The second-order valence-electron chi connectivity index (χ2n) is 6.31. The third-order valence-electron chi connectivity index (χ3n) is 3.79. The Kier molecular flexibility index (Phi) is 5.50. The molecular formula is C16H22ClNO3S.